The normalized spacial score (nSPS) is 10.1. The third kappa shape index (κ3) is 5.17. The molecule has 1 aromatic heterocycles. The van der Waals surface area contributed by atoms with E-state index in [0.29, 0.717) is 11.3 Å². The van der Waals surface area contributed by atoms with Crippen LogP contribution in [0.1, 0.15) is 27.8 Å². The SMILES string of the molecule is CCOC(=O)c1csc(N(NC(=O)c2ccccc2)C(=O)Nc2ccccc2)n1. The molecule has 1 heterocycles. The molecule has 9 heteroatoms. The van der Waals surface area contributed by atoms with Crippen LogP contribution in [0.3, 0.4) is 0 Å². The van der Waals surface area contributed by atoms with Crippen LogP contribution in [-0.4, -0.2) is 29.5 Å². The van der Waals surface area contributed by atoms with Gasteiger partial charge in [0.2, 0.25) is 5.13 Å². The Morgan fingerprint density at radius 1 is 1.03 bits per heavy atom. The van der Waals surface area contributed by atoms with E-state index in [1.54, 1.807) is 61.5 Å². The maximum Gasteiger partial charge on any atom is 0.357 e. The Bertz CT molecular complexity index is 992. The molecule has 0 bridgehead atoms. The topological polar surface area (TPSA) is 101 Å². The average molecular weight is 410 g/mol. The first kappa shape index (κ1) is 20.0. The summed E-state index contributed by atoms with van der Waals surface area (Å²) in [5.41, 5.74) is 3.49. The molecule has 0 spiro atoms. The minimum atomic E-state index is -0.634. The summed E-state index contributed by atoms with van der Waals surface area (Å²) < 4.78 is 4.93. The summed E-state index contributed by atoms with van der Waals surface area (Å²) in [4.78, 5) is 41.4. The van der Waals surface area contributed by atoms with Crippen molar-refractivity contribution in [1.29, 1.82) is 0 Å². The van der Waals surface area contributed by atoms with Gasteiger partial charge in [0.05, 0.1) is 6.61 Å². The van der Waals surface area contributed by atoms with Crippen molar-refractivity contribution in [1.82, 2.24) is 10.4 Å². The maximum atomic E-state index is 12.8. The minimum absolute atomic E-state index is 0.0540. The second-order valence-corrected chi connectivity index (χ2v) is 6.51. The number of nitrogens with one attached hydrogen (secondary N) is 2. The van der Waals surface area contributed by atoms with Crippen LogP contribution in [0.25, 0.3) is 0 Å². The van der Waals surface area contributed by atoms with Crippen molar-refractivity contribution in [3.63, 3.8) is 0 Å². The van der Waals surface area contributed by atoms with Gasteiger partial charge in [0, 0.05) is 16.6 Å². The number of carbonyl (C=O) groups is 3. The third-order valence-electron chi connectivity index (χ3n) is 3.65. The van der Waals surface area contributed by atoms with E-state index in [4.69, 9.17) is 4.74 Å². The summed E-state index contributed by atoms with van der Waals surface area (Å²) in [6, 6.07) is 16.6. The lowest BCUT2D eigenvalue weighted by molar-refractivity contribution is 0.0520. The van der Waals surface area contributed by atoms with Crippen LogP contribution in [0, 0.1) is 0 Å². The molecule has 3 amide bonds. The highest BCUT2D eigenvalue weighted by molar-refractivity contribution is 7.14. The molecule has 8 nitrogen and oxygen atoms in total. The van der Waals surface area contributed by atoms with Crippen molar-refractivity contribution in [2.45, 2.75) is 6.92 Å². The lowest BCUT2D eigenvalue weighted by atomic mass is 10.2. The lowest BCUT2D eigenvalue weighted by Crippen LogP contribution is -2.48. The smallest absolute Gasteiger partial charge is 0.357 e. The van der Waals surface area contributed by atoms with Crippen molar-refractivity contribution < 1.29 is 19.1 Å². The summed E-state index contributed by atoms with van der Waals surface area (Å²) in [5, 5.41) is 5.23. The highest BCUT2D eigenvalue weighted by Gasteiger charge is 2.24. The van der Waals surface area contributed by atoms with Gasteiger partial charge in [-0.15, -0.1) is 11.3 Å². The number of ether oxygens (including phenoxy) is 1. The van der Waals surface area contributed by atoms with Crippen molar-refractivity contribution >= 4 is 40.1 Å². The number of anilines is 2. The maximum absolute atomic E-state index is 12.8. The number of hydrogen-bond acceptors (Lipinski definition) is 6. The van der Waals surface area contributed by atoms with Crippen LogP contribution in [-0.2, 0) is 4.74 Å². The molecule has 3 aromatic rings. The van der Waals surface area contributed by atoms with E-state index in [1.807, 2.05) is 6.07 Å². The number of hydrazine groups is 1. The molecule has 29 heavy (non-hydrogen) atoms. The van der Waals surface area contributed by atoms with Crippen molar-refractivity contribution in [3.8, 4) is 0 Å². The number of nitrogens with zero attached hydrogens (tertiary/aromatic N) is 2. The molecule has 0 aliphatic carbocycles. The van der Waals surface area contributed by atoms with Crippen LogP contribution in [0.2, 0.25) is 0 Å². The second kappa shape index (κ2) is 9.47. The Morgan fingerprint density at radius 3 is 2.34 bits per heavy atom. The molecule has 3 rings (SSSR count). The standard InChI is InChI=1S/C20H18N4O4S/c1-2-28-18(26)16-13-29-20(22-16)24(19(27)21-15-11-7-4-8-12-15)23-17(25)14-9-5-3-6-10-14/h3-13H,2H2,1H3,(H,21,27)(H,23,25). The van der Waals surface area contributed by atoms with E-state index >= 15 is 0 Å². The van der Waals surface area contributed by atoms with Crippen LogP contribution in [0.5, 0.6) is 0 Å². The fourth-order valence-corrected chi connectivity index (χ4v) is 3.06. The number of rotatable bonds is 5. The quantitative estimate of drug-likeness (QED) is 0.493. The van der Waals surface area contributed by atoms with Gasteiger partial charge in [-0.25, -0.2) is 14.6 Å². The summed E-state index contributed by atoms with van der Waals surface area (Å²) in [5.74, 6) is -1.10. The number of carbonyl (C=O) groups excluding carboxylic acids is 3. The second-order valence-electron chi connectivity index (χ2n) is 5.67. The van der Waals surface area contributed by atoms with Gasteiger partial charge in [-0.05, 0) is 31.2 Å². The molecule has 2 aromatic carbocycles. The van der Waals surface area contributed by atoms with Gasteiger partial charge in [-0.2, -0.15) is 5.01 Å². The number of hydrogen-bond donors (Lipinski definition) is 2. The lowest BCUT2D eigenvalue weighted by Gasteiger charge is -2.21. The zero-order valence-corrected chi connectivity index (χ0v) is 16.3. The summed E-state index contributed by atoms with van der Waals surface area (Å²) in [6.07, 6.45) is 0. The first-order valence-electron chi connectivity index (χ1n) is 8.73. The monoisotopic (exact) mass is 410 g/mol. The molecule has 148 valence electrons. The fourth-order valence-electron chi connectivity index (χ4n) is 2.31. The Hall–Kier alpha value is -3.72. The molecule has 0 fully saturated rings. The number of para-hydroxylation sites is 1. The zero-order chi connectivity index (χ0) is 20.6. The summed E-state index contributed by atoms with van der Waals surface area (Å²) in [6.45, 7) is 1.89. The van der Waals surface area contributed by atoms with Gasteiger partial charge in [0.15, 0.2) is 5.69 Å². The molecule has 0 unspecified atom stereocenters. The third-order valence-corrected chi connectivity index (χ3v) is 4.47. The van der Waals surface area contributed by atoms with Crippen LogP contribution >= 0.6 is 11.3 Å². The minimum Gasteiger partial charge on any atom is -0.461 e. The molecular formula is C20H18N4O4S. The summed E-state index contributed by atoms with van der Waals surface area (Å²) >= 11 is 1.03. The molecule has 0 atom stereocenters. The molecule has 0 aliphatic heterocycles. The van der Waals surface area contributed by atoms with E-state index < -0.39 is 17.9 Å². The van der Waals surface area contributed by atoms with Gasteiger partial charge >= 0.3 is 12.0 Å². The van der Waals surface area contributed by atoms with Crippen molar-refractivity contribution in [2.75, 3.05) is 16.9 Å². The number of esters is 1. The summed E-state index contributed by atoms with van der Waals surface area (Å²) in [7, 11) is 0. The first-order chi connectivity index (χ1) is 14.1. The predicted octanol–water partition coefficient (Wildman–Crippen LogP) is 3.70. The molecule has 0 saturated heterocycles. The Kier molecular flexibility index (Phi) is 6.54. The number of amides is 3. The van der Waals surface area contributed by atoms with E-state index in [0.717, 1.165) is 16.3 Å². The highest BCUT2D eigenvalue weighted by atomic mass is 32.1. The van der Waals surface area contributed by atoms with Gasteiger partial charge < -0.3 is 10.1 Å². The van der Waals surface area contributed by atoms with Crippen LogP contribution in [0.15, 0.2) is 66.0 Å². The molecule has 0 aliphatic rings. The molecule has 2 N–H and O–H groups in total. The Morgan fingerprint density at radius 2 is 1.69 bits per heavy atom. The number of thiazole rings is 1. The van der Waals surface area contributed by atoms with Gasteiger partial charge in [0.1, 0.15) is 0 Å². The largest absolute Gasteiger partial charge is 0.461 e. The van der Waals surface area contributed by atoms with Gasteiger partial charge in [-0.1, -0.05) is 36.4 Å². The highest BCUT2D eigenvalue weighted by Crippen LogP contribution is 2.21. The fraction of sp³-hybridized carbons (Fsp3) is 0.100. The van der Waals surface area contributed by atoms with E-state index in [1.165, 1.54) is 5.38 Å². The van der Waals surface area contributed by atoms with Crippen molar-refractivity contribution in [3.05, 3.63) is 77.3 Å². The zero-order valence-electron chi connectivity index (χ0n) is 15.5. The molecule has 0 saturated carbocycles. The van der Waals surface area contributed by atoms with E-state index in [-0.39, 0.29) is 17.4 Å². The Balaban J connectivity index is 1.85. The number of benzene rings is 2. The number of aromatic nitrogens is 1. The Labute approximate surface area is 171 Å². The number of urea groups is 1. The van der Waals surface area contributed by atoms with Gasteiger partial charge in [-0.3, -0.25) is 10.2 Å². The average Bonchev–Trinajstić information content (AvgIpc) is 3.23. The predicted molar refractivity (Wildman–Crippen MR) is 110 cm³/mol. The molecule has 0 radical (unpaired) electrons. The van der Waals surface area contributed by atoms with Crippen LogP contribution in [0.4, 0.5) is 15.6 Å². The van der Waals surface area contributed by atoms with Gasteiger partial charge in [0.25, 0.3) is 5.91 Å². The van der Waals surface area contributed by atoms with Crippen molar-refractivity contribution in [2.24, 2.45) is 0 Å². The van der Waals surface area contributed by atoms with E-state index in [2.05, 4.69) is 15.7 Å². The van der Waals surface area contributed by atoms with E-state index in [9.17, 15) is 14.4 Å². The first-order valence-corrected chi connectivity index (χ1v) is 9.61. The van der Waals surface area contributed by atoms with Crippen LogP contribution < -0.4 is 15.8 Å². The molecular weight excluding hydrogens is 392 g/mol.